The summed E-state index contributed by atoms with van der Waals surface area (Å²) in [6.45, 7) is 6.21. The van der Waals surface area contributed by atoms with Crippen LogP contribution < -0.4 is 5.32 Å². The van der Waals surface area contributed by atoms with E-state index in [4.69, 9.17) is 4.74 Å². The first-order chi connectivity index (χ1) is 8.09. The van der Waals surface area contributed by atoms with Crippen LogP contribution in [0.15, 0.2) is 0 Å². The molecule has 1 atom stereocenters. The average molecular weight is 241 g/mol. The van der Waals surface area contributed by atoms with Gasteiger partial charge in [-0.3, -0.25) is 4.79 Å². The number of rotatable bonds is 5. The zero-order valence-corrected chi connectivity index (χ0v) is 11.5. The summed E-state index contributed by atoms with van der Waals surface area (Å²) in [5.41, 5.74) is 0. The lowest BCUT2D eigenvalue weighted by atomic mass is 9.93. The maximum Gasteiger partial charge on any atom is 0.246 e. The Morgan fingerprint density at radius 2 is 1.76 bits per heavy atom. The van der Waals surface area contributed by atoms with Crippen LogP contribution in [0, 0.1) is 5.92 Å². The minimum Gasteiger partial charge on any atom is -0.369 e. The molecule has 0 aromatic rings. The number of nitrogens with one attached hydrogen (secondary N) is 1. The molecule has 1 aliphatic rings. The van der Waals surface area contributed by atoms with Crippen LogP contribution in [0.1, 0.15) is 59.3 Å². The molecule has 0 aromatic carbocycles. The molecule has 3 heteroatoms. The van der Waals surface area contributed by atoms with Crippen molar-refractivity contribution >= 4 is 5.91 Å². The number of hydrogen-bond donors (Lipinski definition) is 1. The Hall–Kier alpha value is -0.570. The maximum absolute atomic E-state index is 11.7. The normalized spacial score (nSPS) is 20.0. The van der Waals surface area contributed by atoms with Crippen molar-refractivity contribution < 1.29 is 9.53 Å². The van der Waals surface area contributed by atoms with Crippen LogP contribution in [0.2, 0.25) is 0 Å². The van der Waals surface area contributed by atoms with E-state index in [1.807, 2.05) is 13.8 Å². The van der Waals surface area contributed by atoms with Crippen LogP contribution in [0.3, 0.4) is 0 Å². The van der Waals surface area contributed by atoms with E-state index in [-0.39, 0.29) is 24.7 Å². The van der Waals surface area contributed by atoms with Crippen LogP contribution in [0.5, 0.6) is 0 Å². The molecule has 0 spiro atoms. The largest absolute Gasteiger partial charge is 0.369 e. The summed E-state index contributed by atoms with van der Waals surface area (Å²) in [4.78, 5) is 11.7. The van der Waals surface area contributed by atoms with Gasteiger partial charge in [-0.05, 0) is 39.5 Å². The summed E-state index contributed by atoms with van der Waals surface area (Å²) in [5.74, 6) is 0.677. The smallest absolute Gasteiger partial charge is 0.246 e. The molecule has 0 bridgehead atoms. The van der Waals surface area contributed by atoms with E-state index in [0.717, 1.165) is 0 Å². The molecule has 100 valence electrons. The molecule has 1 amide bonds. The monoisotopic (exact) mass is 241 g/mol. The minimum atomic E-state index is 0.0236. The van der Waals surface area contributed by atoms with Crippen LogP contribution in [-0.2, 0) is 9.53 Å². The van der Waals surface area contributed by atoms with Crippen LogP contribution in [0.25, 0.3) is 0 Å². The summed E-state index contributed by atoms with van der Waals surface area (Å²) in [7, 11) is 0. The first-order valence-electron chi connectivity index (χ1n) is 7.00. The van der Waals surface area contributed by atoms with Crippen molar-refractivity contribution in [2.24, 2.45) is 5.92 Å². The lowest BCUT2D eigenvalue weighted by Crippen LogP contribution is -2.40. The Bertz CT molecular complexity index is 220. The third-order valence-electron chi connectivity index (χ3n) is 3.54. The van der Waals surface area contributed by atoms with Crippen LogP contribution in [0.4, 0.5) is 0 Å². The first kappa shape index (κ1) is 14.5. The number of ether oxygens (including phenoxy) is 1. The van der Waals surface area contributed by atoms with Crippen molar-refractivity contribution in [2.75, 3.05) is 6.61 Å². The quantitative estimate of drug-likeness (QED) is 0.752. The lowest BCUT2D eigenvalue weighted by molar-refractivity contribution is -0.128. The molecule has 1 rings (SSSR count). The maximum atomic E-state index is 11.7. The fraction of sp³-hybridized carbons (Fsp3) is 0.929. The number of hydrogen-bond acceptors (Lipinski definition) is 2. The molecular formula is C14H27NO2. The molecule has 0 heterocycles. The van der Waals surface area contributed by atoms with Crippen molar-refractivity contribution in [1.29, 1.82) is 0 Å². The molecule has 17 heavy (non-hydrogen) atoms. The molecule has 0 saturated heterocycles. The summed E-state index contributed by atoms with van der Waals surface area (Å²) >= 11 is 0. The van der Waals surface area contributed by atoms with Gasteiger partial charge in [-0.2, -0.15) is 0 Å². The summed E-state index contributed by atoms with van der Waals surface area (Å²) in [6, 6.07) is 0.288. The van der Waals surface area contributed by atoms with Gasteiger partial charge in [0.25, 0.3) is 0 Å². The van der Waals surface area contributed by atoms with Gasteiger partial charge in [-0.15, -0.1) is 0 Å². The Morgan fingerprint density at radius 1 is 1.18 bits per heavy atom. The zero-order valence-electron chi connectivity index (χ0n) is 11.5. The molecule has 0 radical (unpaired) electrons. The van der Waals surface area contributed by atoms with Gasteiger partial charge < -0.3 is 10.1 Å². The van der Waals surface area contributed by atoms with Gasteiger partial charge in [-0.1, -0.05) is 25.7 Å². The van der Waals surface area contributed by atoms with Gasteiger partial charge in [-0.25, -0.2) is 0 Å². The minimum absolute atomic E-state index is 0.0236. The predicted molar refractivity (Wildman–Crippen MR) is 69.9 cm³/mol. The van der Waals surface area contributed by atoms with Gasteiger partial charge >= 0.3 is 0 Å². The van der Waals surface area contributed by atoms with E-state index in [1.54, 1.807) is 0 Å². The van der Waals surface area contributed by atoms with Gasteiger partial charge in [0.05, 0.1) is 6.10 Å². The highest BCUT2D eigenvalue weighted by atomic mass is 16.5. The third kappa shape index (κ3) is 6.06. The van der Waals surface area contributed by atoms with Crippen LogP contribution in [-0.4, -0.2) is 24.7 Å². The van der Waals surface area contributed by atoms with Crippen molar-refractivity contribution in [3.63, 3.8) is 0 Å². The van der Waals surface area contributed by atoms with E-state index in [0.29, 0.717) is 5.92 Å². The van der Waals surface area contributed by atoms with E-state index in [1.165, 1.54) is 38.5 Å². The number of carbonyl (C=O) groups excluding carboxylic acids is 1. The molecule has 0 aromatic heterocycles. The van der Waals surface area contributed by atoms with Crippen LogP contribution >= 0.6 is 0 Å². The second-order valence-electron chi connectivity index (χ2n) is 5.47. The van der Waals surface area contributed by atoms with Crippen molar-refractivity contribution in [3.05, 3.63) is 0 Å². The van der Waals surface area contributed by atoms with E-state index in [9.17, 15) is 4.79 Å². The molecule has 1 saturated carbocycles. The number of amides is 1. The Labute approximate surface area is 105 Å². The SMILES string of the molecule is CC(C)OCC(=O)N[C@@H](C)C1CCCCCC1. The highest BCUT2D eigenvalue weighted by molar-refractivity contribution is 5.77. The van der Waals surface area contributed by atoms with E-state index < -0.39 is 0 Å². The highest BCUT2D eigenvalue weighted by Gasteiger charge is 2.20. The van der Waals surface area contributed by atoms with E-state index in [2.05, 4.69) is 12.2 Å². The van der Waals surface area contributed by atoms with E-state index >= 15 is 0 Å². The second-order valence-corrected chi connectivity index (χ2v) is 5.47. The van der Waals surface area contributed by atoms with Gasteiger partial charge in [0.2, 0.25) is 5.91 Å². The Balaban J connectivity index is 2.26. The summed E-state index contributed by atoms with van der Waals surface area (Å²) in [6.07, 6.45) is 7.97. The number of carbonyl (C=O) groups is 1. The van der Waals surface area contributed by atoms with Crippen molar-refractivity contribution in [1.82, 2.24) is 5.32 Å². The topological polar surface area (TPSA) is 38.3 Å². The predicted octanol–water partition coefficient (Wildman–Crippen LogP) is 2.89. The molecular weight excluding hydrogens is 214 g/mol. The molecule has 3 nitrogen and oxygen atoms in total. The zero-order chi connectivity index (χ0) is 12.7. The second kappa shape index (κ2) is 7.70. The molecule has 1 aliphatic carbocycles. The fourth-order valence-corrected chi connectivity index (χ4v) is 2.47. The molecule has 1 N–H and O–H groups in total. The first-order valence-corrected chi connectivity index (χ1v) is 7.00. The molecule has 0 unspecified atom stereocenters. The lowest BCUT2D eigenvalue weighted by Gasteiger charge is -2.23. The molecule has 0 aliphatic heterocycles. The van der Waals surface area contributed by atoms with Gasteiger partial charge in [0, 0.05) is 6.04 Å². The third-order valence-corrected chi connectivity index (χ3v) is 3.54. The van der Waals surface area contributed by atoms with Crippen molar-refractivity contribution in [3.8, 4) is 0 Å². The summed E-state index contributed by atoms with van der Waals surface area (Å²) in [5, 5.41) is 3.07. The van der Waals surface area contributed by atoms with Gasteiger partial charge in [0.15, 0.2) is 0 Å². The molecule has 1 fully saturated rings. The Kier molecular flexibility index (Phi) is 6.56. The summed E-state index contributed by atoms with van der Waals surface area (Å²) < 4.78 is 5.30. The standard InChI is InChI=1S/C14H27NO2/c1-11(2)17-10-14(16)15-12(3)13-8-6-4-5-7-9-13/h11-13H,4-10H2,1-3H3,(H,15,16)/t12-/m0/s1. The van der Waals surface area contributed by atoms with Crippen molar-refractivity contribution in [2.45, 2.75) is 71.4 Å². The fourth-order valence-electron chi connectivity index (χ4n) is 2.47. The Morgan fingerprint density at radius 3 is 2.29 bits per heavy atom. The average Bonchev–Trinajstić information content (AvgIpc) is 2.54. The van der Waals surface area contributed by atoms with Gasteiger partial charge in [0.1, 0.15) is 6.61 Å². The highest BCUT2D eigenvalue weighted by Crippen LogP contribution is 2.25.